The monoisotopic (exact) mass is 1050 g/mol. The van der Waals surface area contributed by atoms with E-state index in [4.69, 9.17) is 0 Å². The summed E-state index contributed by atoms with van der Waals surface area (Å²) in [5, 5.41) is 34.4. The second-order valence-corrected chi connectivity index (χ2v) is 24.9. The molecule has 0 bridgehead atoms. The lowest BCUT2D eigenvalue weighted by molar-refractivity contribution is 1.17. The second kappa shape index (κ2) is 18.1. The van der Waals surface area contributed by atoms with Crippen LogP contribution < -0.4 is 20.7 Å². The Morgan fingerprint density at radius 2 is 0.469 bits per heavy atom. The fourth-order valence-electron chi connectivity index (χ4n) is 13.5. The molecule has 16 rings (SSSR count). The zero-order valence-electron chi connectivity index (χ0n) is 43.7. The summed E-state index contributed by atoms with van der Waals surface area (Å²) >= 11 is 0. The molecule has 0 saturated heterocycles. The molecule has 16 aromatic rings. The highest BCUT2D eigenvalue weighted by atomic mass is 28.3. The molecular weight excluding hydrogens is 1000 g/mol. The highest BCUT2D eigenvalue weighted by Gasteiger charge is 2.42. The van der Waals surface area contributed by atoms with Crippen LogP contribution in [0.3, 0.4) is 0 Å². The Hall–Kier alpha value is -11.0. The number of nitriles is 2. The van der Waals surface area contributed by atoms with E-state index < -0.39 is 8.07 Å². The molecule has 81 heavy (non-hydrogen) atoms. The molecule has 0 unspecified atom stereocenters. The second-order valence-electron chi connectivity index (χ2n) is 21.1. The molecule has 376 valence electrons. The molecule has 0 aliphatic carbocycles. The highest BCUT2D eigenvalue weighted by Crippen LogP contribution is 2.42. The molecule has 0 aliphatic rings. The van der Waals surface area contributed by atoms with Gasteiger partial charge in [0.15, 0.2) is 8.07 Å². The van der Waals surface area contributed by atoms with Crippen LogP contribution in [0.15, 0.2) is 279 Å². The summed E-state index contributed by atoms with van der Waals surface area (Å²) in [6, 6.07) is 106. The lowest BCUT2D eigenvalue weighted by Crippen LogP contribution is -2.74. The van der Waals surface area contributed by atoms with Gasteiger partial charge in [-0.25, -0.2) is 0 Å². The van der Waals surface area contributed by atoms with E-state index in [1.807, 2.05) is 24.3 Å². The Morgan fingerprint density at radius 1 is 0.222 bits per heavy atom. The molecule has 12 aromatic carbocycles. The molecule has 0 saturated carbocycles. The van der Waals surface area contributed by atoms with Crippen molar-refractivity contribution in [1.29, 1.82) is 10.5 Å². The van der Waals surface area contributed by atoms with Crippen molar-refractivity contribution in [1.82, 2.24) is 18.3 Å². The predicted octanol–water partition coefficient (Wildman–Crippen LogP) is 15.2. The van der Waals surface area contributed by atoms with E-state index >= 15 is 0 Å². The third kappa shape index (κ3) is 6.84. The summed E-state index contributed by atoms with van der Waals surface area (Å²) in [6.07, 6.45) is 0. The average molecular weight is 1050 g/mol. The lowest BCUT2D eigenvalue weighted by Gasteiger charge is -2.34. The Kier molecular flexibility index (Phi) is 10.3. The Balaban J connectivity index is 1.03. The number of fused-ring (bicyclic) bond motifs is 12. The first-order valence-electron chi connectivity index (χ1n) is 27.4. The van der Waals surface area contributed by atoms with Crippen molar-refractivity contribution >= 4 is 116 Å². The third-order valence-electron chi connectivity index (χ3n) is 16.9. The zero-order valence-corrected chi connectivity index (χ0v) is 44.7. The molecule has 7 heteroatoms. The van der Waals surface area contributed by atoms with Gasteiger partial charge in [0.1, 0.15) is 0 Å². The number of hydrogen-bond donors (Lipinski definition) is 0. The summed E-state index contributed by atoms with van der Waals surface area (Å²) < 4.78 is 9.55. The van der Waals surface area contributed by atoms with Crippen molar-refractivity contribution < 1.29 is 0 Å². The van der Waals surface area contributed by atoms with E-state index in [9.17, 15) is 10.5 Å². The fourth-order valence-corrected chi connectivity index (χ4v) is 18.2. The van der Waals surface area contributed by atoms with Gasteiger partial charge in [-0.3, -0.25) is 0 Å². The van der Waals surface area contributed by atoms with Gasteiger partial charge < -0.3 is 18.3 Å². The van der Waals surface area contributed by atoms with Crippen molar-refractivity contribution in [3.05, 3.63) is 290 Å². The van der Waals surface area contributed by atoms with Crippen molar-refractivity contribution in [3.8, 4) is 34.9 Å². The van der Waals surface area contributed by atoms with Crippen LogP contribution in [0.4, 0.5) is 0 Å². The minimum absolute atomic E-state index is 0.632. The predicted molar refractivity (Wildman–Crippen MR) is 337 cm³/mol. The van der Waals surface area contributed by atoms with Gasteiger partial charge in [-0.15, -0.1) is 0 Å². The van der Waals surface area contributed by atoms with Crippen LogP contribution in [0.5, 0.6) is 0 Å². The molecule has 6 nitrogen and oxygen atoms in total. The SMILES string of the molecule is N#Cc1ccc2c(c1)c1cc3c(cc1n2-c1ccccc1)c1cc([Si](c2ccccc2)(c2ccccc2)c2ccc4c(c2)c2cc5c(cc2n4-c2ccccc2)c2cc(C#N)ccc2n5-c2ccccc2)ccc1n3-c1ccccc1. The minimum atomic E-state index is -3.25. The molecular formula is C74H46N6Si. The molecule has 0 radical (unpaired) electrons. The van der Waals surface area contributed by atoms with Crippen molar-refractivity contribution in [2.75, 3.05) is 0 Å². The van der Waals surface area contributed by atoms with Gasteiger partial charge in [0.25, 0.3) is 0 Å². The Labute approximate surface area is 467 Å². The summed E-state index contributed by atoms with van der Waals surface area (Å²) in [4.78, 5) is 0. The molecule has 0 atom stereocenters. The van der Waals surface area contributed by atoms with E-state index in [-0.39, 0.29) is 0 Å². The summed E-state index contributed by atoms with van der Waals surface area (Å²) in [7, 11) is -3.25. The number of benzene rings is 12. The van der Waals surface area contributed by atoms with Gasteiger partial charge >= 0.3 is 0 Å². The average Bonchev–Trinajstić information content (AvgIpc) is 4.46. The summed E-state index contributed by atoms with van der Waals surface area (Å²) in [5.41, 5.74) is 14.2. The van der Waals surface area contributed by atoms with Crippen LogP contribution in [0, 0.1) is 22.7 Å². The van der Waals surface area contributed by atoms with Crippen LogP contribution in [0.1, 0.15) is 11.1 Å². The standard InChI is InChI=1S/C74H46N6Si/c75-47-49-31-35-67-59(39-49)63-43-73-65(45-71(63)77(67)51-19-7-1-8-20-51)61-41-57(33-37-69(61)79(73)53-23-11-3-12-24-53)81(55-27-15-5-16-28-55,56-29-17-6-18-30-56)58-34-38-70-62(42-58)66-46-72-64(44-74(66)80(70)54-25-13-4-14-26-54)60-40-50(48-76)32-36-68(60)78(72)52-21-9-2-10-22-52/h1-46H. The maximum Gasteiger partial charge on any atom is 0.179 e. The third-order valence-corrected chi connectivity index (χ3v) is 21.7. The van der Waals surface area contributed by atoms with Crippen LogP contribution in [-0.4, -0.2) is 26.3 Å². The molecule has 4 aromatic heterocycles. The van der Waals surface area contributed by atoms with Crippen molar-refractivity contribution in [3.63, 3.8) is 0 Å². The van der Waals surface area contributed by atoms with E-state index in [1.165, 1.54) is 20.7 Å². The molecule has 0 amide bonds. The largest absolute Gasteiger partial charge is 0.309 e. The van der Waals surface area contributed by atoms with Gasteiger partial charge in [-0.05, 0) is 142 Å². The number of rotatable bonds is 8. The smallest absolute Gasteiger partial charge is 0.179 e. The first-order valence-corrected chi connectivity index (χ1v) is 29.4. The molecule has 0 fully saturated rings. The first-order chi connectivity index (χ1) is 40.1. The number of aromatic nitrogens is 4. The number of para-hydroxylation sites is 4. The van der Waals surface area contributed by atoms with Gasteiger partial charge in [0, 0.05) is 65.8 Å². The minimum Gasteiger partial charge on any atom is -0.309 e. The van der Waals surface area contributed by atoms with Crippen LogP contribution in [0.25, 0.3) is 110 Å². The Bertz CT molecular complexity index is 4940. The molecule has 0 N–H and O–H groups in total. The first kappa shape index (κ1) is 46.2. The molecule has 4 heterocycles. The quantitative estimate of drug-likeness (QED) is 0.112. The highest BCUT2D eigenvalue weighted by molar-refractivity contribution is 7.20. The summed E-state index contributed by atoms with van der Waals surface area (Å²) in [5.74, 6) is 0. The number of hydrogen-bond acceptors (Lipinski definition) is 2. The molecule has 0 spiro atoms. The maximum atomic E-state index is 10.2. The van der Waals surface area contributed by atoms with Gasteiger partial charge in [0.05, 0.1) is 67.4 Å². The van der Waals surface area contributed by atoms with E-state index in [2.05, 4.69) is 285 Å². The lowest BCUT2D eigenvalue weighted by atomic mass is 10.1. The van der Waals surface area contributed by atoms with E-state index in [1.54, 1.807) is 0 Å². The maximum absolute atomic E-state index is 10.2. The Morgan fingerprint density at radius 3 is 0.753 bits per heavy atom. The normalized spacial score (nSPS) is 11.9. The zero-order chi connectivity index (χ0) is 53.8. The van der Waals surface area contributed by atoms with Gasteiger partial charge in [0.2, 0.25) is 0 Å². The van der Waals surface area contributed by atoms with Gasteiger partial charge in [-0.2, -0.15) is 10.5 Å². The fraction of sp³-hybridized carbons (Fsp3) is 0. The van der Waals surface area contributed by atoms with Gasteiger partial charge in [-0.1, -0.05) is 158 Å². The van der Waals surface area contributed by atoms with Crippen LogP contribution >= 0.6 is 0 Å². The topological polar surface area (TPSA) is 67.3 Å². The molecule has 0 aliphatic heterocycles. The van der Waals surface area contributed by atoms with E-state index in [0.717, 1.165) is 110 Å². The van der Waals surface area contributed by atoms with E-state index in [0.29, 0.717) is 11.1 Å². The number of nitrogens with zero attached hydrogens (tertiary/aromatic N) is 6. The van der Waals surface area contributed by atoms with Crippen LogP contribution in [0.2, 0.25) is 0 Å². The van der Waals surface area contributed by atoms with Crippen LogP contribution in [-0.2, 0) is 0 Å². The van der Waals surface area contributed by atoms with Crippen molar-refractivity contribution in [2.24, 2.45) is 0 Å². The summed E-state index contributed by atoms with van der Waals surface area (Å²) in [6.45, 7) is 0. The van der Waals surface area contributed by atoms with Crippen molar-refractivity contribution in [2.45, 2.75) is 0 Å².